The number of carbonyl (C=O) groups excluding carboxylic acids is 1. The van der Waals surface area contributed by atoms with Crippen molar-refractivity contribution in [3.05, 3.63) is 58.6 Å². The molecule has 0 radical (unpaired) electrons. The topological polar surface area (TPSA) is 61.5 Å². The molecule has 0 bridgehead atoms. The zero-order chi connectivity index (χ0) is 14.5. The van der Waals surface area contributed by atoms with Crippen LogP contribution in [0.3, 0.4) is 0 Å². The van der Waals surface area contributed by atoms with Gasteiger partial charge in [0.15, 0.2) is 0 Å². The van der Waals surface area contributed by atoms with Crippen LogP contribution in [0.25, 0.3) is 0 Å². The zero-order valence-electron chi connectivity index (χ0n) is 10.9. The highest BCUT2D eigenvalue weighted by Crippen LogP contribution is 2.26. The number of nitrogen functional groups attached to an aromatic ring is 1. The molecule has 0 spiro atoms. The molecule has 0 aliphatic heterocycles. The maximum absolute atomic E-state index is 11.6. The van der Waals surface area contributed by atoms with Crippen LogP contribution in [0.4, 0.5) is 5.69 Å². The van der Waals surface area contributed by atoms with E-state index in [9.17, 15) is 4.79 Å². The molecule has 0 aromatic heterocycles. The van der Waals surface area contributed by atoms with E-state index in [4.69, 9.17) is 26.8 Å². The lowest BCUT2D eigenvalue weighted by atomic mass is 10.1. The van der Waals surface area contributed by atoms with Gasteiger partial charge in [-0.15, -0.1) is 0 Å². The van der Waals surface area contributed by atoms with Crippen LogP contribution in [0.2, 0.25) is 5.02 Å². The van der Waals surface area contributed by atoms with E-state index in [0.717, 1.165) is 5.56 Å². The summed E-state index contributed by atoms with van der Waals surface area (Å²) in [5.74, 6) is 0.127. The number of hydrogen-bond acceptors (Lipinski definition) is 4. The molecular weight excluding hydrogens is 278 g/mol. The fourth-order valence-corrected chi connectivity index (χ4v) is 1.94. The number of hydrogen-bond donors (Lipinski definition) is 1. The predicted octanol–water partition coefficient (Wildman–Crippen LogP) is 3.29. The van der Waals surface area contributed by atoms with E-state index in [-0.39, 0.29) is 6.61 Å². The van der Waals surface area contributed by atoms with Gasteiger partial charge in [0.2, 0.25) is 0 Å². The molecule has 5 heteroatoms. The number of benzene rings is 2. The average molecular weight is 292 g/mol. The molecule has 104 valence electrons. The second kappa shape index (κ2) is 6.30. The maximum atomic E-state index is 11.6. The van der Waals surface area contributed by atoms with Crippen LogP contribution in [0.15, 0.2) is 42.5 Å². The van der Waals surface area contributed by atoms with Gasteiger partial charge in [-0.05, 0) is 24.3 Å². The van der Waals surface area contributed by atoms with Crippen molar-refractivity contribution >= 4 is 23.3 Å². The molecule has 2 rings (SSSR count). The number of methoxy groups -OCH3 is 1. The number of anilines is 1. The Morgan fingerprint density at radius 1 is 1.25 bits per heavy atom. The number of halogens is 1. The fourth-order valence-electron chi connectivity index (χ4n) is 1.76. The molecule has 0 atom stereocenters. The van der Waals surface area contributed by atoms with Crippen molar-refractivity contribution in [2.24, 2.45) is 0 Å². The molecule has 4 nitrogen and oxygen atoms in total. The van der Waals surface area contributed by atoms with Gasteiger partial charge in [0, 0.05) is 10.6 Å². The summed E-state index contributed by atoms with van der Waals surface area (Å²) >= 11 is 5.82. The number of rotatable bonds is 4. The SMILES string of the molecule is COC(=O)c1ccccc1COc1ccc(Cl)cc1N. The van der Waals surface area contributed by atoms with Crippen molar-refractivity contribution in [3.8, 4) is 5.75 Å². The highest BCUT2D eigenvalue weighted by atomic mass is 35.5. The third-order valence-corrected chi connectivity index (χ3v) is 3.01. The van der Waals surface area contributed by atoms with E-state index in [0.29, 0.717) is 22.0 Å². The van der Waals surface area contributed by atoms with Crippen molar-refractivity contribution in [2.45, 2.75) is 6.61 Å². The number of carbonyl (C=O) groups is 1. The molecule has 0 fully saturated rings. The zero-order valence-corrected chi connectivity index (χ0v) is 11.7. The van der Waals surface area contributed by atoms with Crippen LogP contribution in [0.1, 0.15) is 15.9 Å². The third kappa shape index (κ3) is 3.22. The number of nitrogens with two attached hydrogens (primary N) is 1. The summed E-state index contributed by atoms with van der Waals surface area (Å²) in [4.78, 5) is 11.6. The van der Waals surface area contributed by atoms with Gasteiger partial charge in [-0.3, -0.25) is 0 Å². The summed E-state index contributed by atoms with van der Waals surface area (Å²) < 4.78 is 10.4. The van der Waals surface area contributed by atoms with Crippen LogP contribution in [-0.2, 0) is 11.3 Å². The molecule has 20 heavy (non-hydrogen) atoms. The van der Waals surface area contributed by atoms with Gasteiger partial charge in [-0.2, -0.15) is 0 Å². The third-order valence-electron chi connectivity index (χ3n) is 2.78. The molecule has 2 N–H and O–H groups in total. The van der Waals surface area contributed by atoms with Gasteiger partial charge in [-0.1, -0.05) is 29.8 Å². The first kappa shape index (κ1) is 14.2. The fraction of sp³-hybridized carbons (Fsp3) is 0.133. The van der Waals surface area contributed by atoms with E-state index < -0.39 is 5.97 Å². The molecule has 0 saturated heterocycles. The van der Waals surface area contributed by atoms with Crippen molar-refractivity contribution in [2.75, 3.05) is 12.8 Å². The minimum atomic E-state index is -0.395. The number of ether oxygens (including phenoxy) is 2. The molecule has 0 aliphatic rings. The summed E-state index contributed by atoms with van der Waals surface area (Å²) in [7, 11) is 1.34. The lowest BCUT2D eigenvalue weighted by molar-refractivity contribution is 0.0598. The Labute approximate surface area is 122 Å². The Hall–Kier alpha value is -2.20. The summed E-state index contributed by atoms with van der Waals surface area (Å²) in [5, 5.41) is 0.546. The van der Waals surface area contributed by atoms with E-state index in [1.165, 1.54) is 7.11 Å². The Morgan fingerprint density at radius 3 is 2.70 bits per heavy atom. The van der Waals surface area contributed by atoms with Crippen molar-refractivity contribution in [1.29, 1.82) is 0 Å². The van der Waals surface area contributed by atoms with Crippen molar-refractivity contribution in [3.63, 3.8) is 0 Å². The molecule has 2 aromatic rings. The smallest absolute Gasteiger partial charge is 0.338 e. The maximum Gasteiger partial charge on any atom is 0.338 e. The largest absolute Gasteiger partial charge is 0.487 e. The van der Waals surface area contributed by atoms with Crippen LogP contribution in [-0.4, -0.2) is 13.1 Å². The first-order valence-corrected chi connectivity index (χ1v) is 6.33. The van der Waals surface area contributed by atoms with Gasteiger partial charge >= 0.3 is 5.97 Å². The van der Waals surface area contributed by atoms with E-state index in [2.05, 4.69) is 0 Å². The Morgan fingerprint density at radius 2 is 2.00 bits per heavy atom. The highest BCUT2D eigenvalue weighted by Gasteiger charge is 2.11. The van der Waals surface area contributed by atoms with E-state index in [1.54, 1.807) is 36.4 Å². The molecule has 0 saturated carbocycles. The first-order valence-electron chi connectivity index (χ1n) is 5.96. The van der Waals surface area contributed by atoms with Crippen LogP contribution in [0, 0.1) is 0 Å². The molecular formula is C15H14ClNO3. The van der Waals surface area contributed by atoms with Gasteiger partial charge < -0.3 is 15.2 Å². The number of esters is 1. The van der Waals surface area contributed by atoms with E-state index >= 15 is 0 Å². The quantitative estimate of drug-likeness (QED) is 0.693. The van der Waals surface area contributed by atoms with Gasteiger partial charge in [0.05, 0.1) is 18.4 Å². The molecule has 2 aromatic carbocycles. The van der Waals surface area contributed by atoms with E-state index in [1.807, 2.05) is 6.07 Å². The van der Waals surface area contributed by atoms with Gasteiger partial charge in [0.1, 0.15) is 12.4 Å². The minimum absolute atomic E-state index is 0.219. The Balaban J connectivity index is 2.17. The Kier molecular flexibility index (Phi) is 4.48. The highest BCUT2D eigenvalue weighted by molar-refractivity contribution is 6.30. The molecule has 0 aliphatic carbocycles. The summed E-state index contributed by atoms with van der Waals surface area (Å²) in [5.41, 5.74) is 7.47. The van der Waals surface area contributed by atoms with Crippen molar-refractivity contribution in [1.82, 2.24) is 0 Å². The van der Waals surface area contributed by atoms with Gasteiger partial charge in [-0.25, -0.2) is 4.79 Å². The van der Waals surface area contributed by atoms with Crippen LogP contribution in [0.5, 0.6) is 5.75 Å². The minimum Gasteiger partial charge on any atom is -0.487 e. The van der Waals surface area contributed by atoms with Gasteiger partial charge in [0.25, 0.3) is 0 Å². The summed E-state index contributed by atoms with van der Waals surface area (Å²) in [6, 6.07) is 12.1. The van der Waals surface area contributed by atoms with Crippen LogP contribution >= 0.6 is 11.6 Å². The normalized spacial score (nSPS) is 10.1. The predicted molar refractivity (Wildman–Crippen MR) is 78.0 cm³/mol. The van der Waals surface area contributed by atoms with Crippen molar-refractivity contribution < 1.29 is 14.3 Å². The monoisotopic (exact) mass is 291 g/mol. The second-order valence-electron chi connectivity index (χ2n) is 4.12. The van der Waals surface area contributed by atoms with Crippen LogP contribution < -0.4 is 10.5 Å². The lowest BCUT2D eigenvalue weighted by Gasteiger charge is -2.11. The summed E-state index contributed by atoms with van der Waals surface area (Å²) in [6.45, 7) is 0.219. The molecule has 0 unspecified atom stereocenters. The lowest BCUT2D eigenvalue weighted by Crippen LogP contribution is -2.08. The molecule has 0 amide bonds. The standard InChI is InChI=1S/C15H14ClNO3/c1-19-15(18)12-5-3-2-4-10(12)9-20-14-7-6-11(16)8-13(14)17/h2-8H,9,17H2,1H3. The summed E-state index contributed by atoms with van der Waals surface area (Å²) in [6.07, 6.45) is 0. The average Bonchev–Trinajstić information content (AvgIpc) is 2.46. The first-order chi connectivity index (χ1) is 9.61. The second-order valence-corrected chi connectivity index (χ2v) is 4.56. The Bertz CT molecular complexity index is 628. The molecule has 0 heterocycles.